The lowest BCUT2D eigenvalue weighted by atomic mass is 9.71. The standard InChI is InChI=1S/C13H26O2/c1-9(12(3,4)5)11(13(6,7)8)15-10(2)14/h9,11H,1-8H3. The summed E-state index contributed by atoms with van der Waals surface area (Å²) in [5.41, 5.74) is 0.131. The van der Waals surface area contributed by atoms with Gasteiger partial charge in [-0.05, 0) is 16.7 Å². The molecule has 0 aromatic rings. The summed E-state index contributed by atoms with van der Waals surface area (Å²) in [6, 6.07) is 0. The molecule has 90 valence electrons. The van der Waals surface area contributed by atoms with Crippen molar-refractivity contribution in [2.24, 2.45) is 16.7 Å². The van der Waals surface area contributed by atoms with Gasteiger partial charge in [-0.2, -0.15) is 0 Å². The molecule has 0 saturated heterocycles. The van der Waals surface area contributed by atoms with E-state index in [0.717, 1.165) is 0 Å². The molecule has 0 rings (SSSR count). The molecule has 0 aromatic carbocycles. The average Bonchev–Trinajstić information content (AvgIpc) is 1.94. The number of carbonyl (C=O) groups excluding carboxylic acids is 1. The SMILES string of the molecule is CC(=O)OC(C(C)C(C)(C)C)C(C)(C)C. The van der Waals surface area contributed by atoms with Crippen LogP contribution in [-0.4, -0.2) is 12.1 Å². The van der Waals surface area contributed by atoms with Gasteiger partial charge in [0.1, 0.15) is 6.10 Å². The molecule has 0 fully saturated rings. The lowest BCUT2D eigenvalue weighted by Crippen LogP contribution is -2.42. The van der Waals surface area contributed by atoms with Crippen molar-refractivity contribution in [3.05, 3.63) is 0 Å². The minimum atomic E-state index is -0.189. The summed E-state index contributed by atoms with van der Waals surface area (Å²) in [4.78, 5) is 11.1. The molecular weight excluding hydrogens is 188 g/mol. The maximum atomic E-state index is 11.1. The van der Waals surface area contributed by atoms with E-state index in [4.69, 9.17) is 4.74 Å². The molecule has 0 aliphatic rings. The zero-order chi connectivity index (χ0) is 12.4. The molecule has 0 bridgehead atoms. The first-order chi connectivity index (χ1) is 6.46. The minimum absolute atomic E-state index is 0.0155. The second-order valence-electron chi connectivity index (χ2n) is 6.55. The minimum Gasteiger partial charge on any atom is -0.462 e. The molecule has 0 aliphatic carbocycles. The first-order valence-corrected chi connectivity index (χ1v) is 5.63. The fourth-order valence-electron chi connectivity index (χ4n) is 1.66. The van der Waals surface area contributed by atoms with Gasteiger partial charge in [-0.3, -0.25) is 4.79 Å². The fraction of sp³-hybridized carbons (Fsp3) is 0.923. The Morgan fingerprint density at radius 2 is 1.40 bits per heavy atom. The van der Waals surface area contributed by atoms with Crippen molar-refractivity contribution in [3.8, 4) is 0 Å². The largest absolute Gasteiger partial charge is 0.462 e. The predicted octanol–water partition coefficient (Wildman–Crippen LogP) is 3.65. The van der Waals surface area contributed by atoms with Gasteiger partial charge in [-0.25, -0.2) is 0 Å². The van der Waals surface area contributed by atoms with Gasteiger partial charge >= 0.3 is 5.97 Å². The summed E-state index contributed by atoms with van der Waals surface area (Å²) in [5.74, 6) is 0.146. The van der Waals surface area contributed by atoms with E-state index in [-0.39, 0.29) is 22.9 Å². The van der Waals surface area contributed by atoms with Crippen LogP contribution in [-0.2, 0) is 9.53 Å². The van der Waals surface area contributed by atoms with Crippen LogP contribution < -0.4 is 0 Å². The molecule has 0 aliphatic heterocycles. The first kappa shape index (κ1) is 14.5. The third kappa shape index (κ3) is 4.67. The Balaban J connectivity index is 4.87. The smallest absolute Gasteiger partial charge is 0.302 e. The van der Waals surface area contributed by atoms with Crippen LogP contribution in [0.25, 0.3) is 0 Å². The molecule has 2 unspecified atom stereocenters. The highest BCUT2D eigenvalue weighted by Gasteiger charge is 2.38. The van der Waals surface area contributed by atoms with E-state index in [9.17, 15) is 4.79 Å². The summed E-state index contributed by atoms with van der Waals surface area (Å²) in [6.07, 6.45) is -0.0324. The van der Waals surface area contributed by atoms with Crippen LogP contribution in [0, 0.1) is 16.7 Å². The summed E-state index contributed by atoms with van der Waals surface area (Å²) in [5, 5.41) is 0. The maximum absolute atomic E-state index is 11.1. The molecule has 2 nitrogen and oxygen atoms in total. The Morgan fingerprint density at radius 3 is 1.60 bits per heavy atom. The molecule has 0 aromatic heterocycles. The van der Waals surface area contributed by atoms with Crippen molar-refractivity contribution in [1.29, 1.82) is 0 Å². The van der Waals surface area contributed by atoms with E-state index in [2.05, 4.69) is 48.5 Å². The van der Waals surface area contributed by atoms with Gasteiger partial charge in [-0.15, -0.1) is 0 Å². The lowest BCUT2D eigenvalue weighted by Gasteiger charge is -2.40. The quantitative estimate of drug-likeness (QED) is 0.656. The fourth-order valence-corrected chi connectivity index (χ4v) is 1.66. The van der Waals surface area contributed by atoms with Crippen LogP contribution in [0.15, 0.2) is 0 Å². The number of hydrogen-bond donors (Lipinski definition) is 0. The summed E-state index contributed by atoms with van der Waals surface area (Å²) in [7, 11) is 0. The van der Waals surface area contributed by atoms with Crippen LogP contribution in [0.4, 0.5) is 0 Å². The highest BCUT2D eigenvalue weighted by Crippen LogP contribution is 2.37. The maximum Gasteiger partial charge on any atom is 0.302 e. The Morgan fingerprint density at radius 1 is 1.00 bits per heavy atom. The molecular formula is C13H26O2. The number of hydrogen-bond acceptors (Lipinski definition) is 2. The number of esters is 1. The average molecular weight is 214 g/mol. The highest BCUT2D eigenvalue weighted by molar-refractivity contribution is 5.66. The second-order valence-corrected chi connectivity index (χ2v) is 6.55. The molecule has 0 N–H and O–H groups in total. The third-order valence-corrected chi connectivity index (χ3v) is 2.97. The zero-order valence-electron chi connectivity index (χ0n) is 11.5. The molecule has 0 radical (unpaired) electrons. The van der Waals surface area contributed by atoms with E-state index >= 15 is 0 Å². The van der Waals surface area contributed by atoms with Crippen molar-refractivity contribution in [2.75, 3.05) is 0 Å². The van der Waals surface area contributed by atoms with E-state index < -0.39 is 0 Å². The molecule has 15 heavy (non-hydrogen) atoms. The third-order valence-electron chi connectivity index (χ3n) is 2.97. The zero-order valence-corrected chi connectivity index (χ0v) is 11.5. The second kappa shape index (κ2) is 4.54. The van der Waals surface area contributed by atoms with Crippen LogP contribution in [0.1, 0.15) is 55.4 Å². The number of carbonyl (C=O) groups is 1. The Bertz CT molecular complexity index is 218. The van der Waals surface area contributed by atoms with Gasteiger partial charge in [0.15, 0.2) is 0 Å². The Kier molecular flexibility index (Phi) is 4.38. The van der Waals surface area contributed by atoms with Crippen molar-refractivity contribution in [3.63, 3.8) is 0 Å². The van der Waals surface area contributed by atoms with Gasteiger partial charge in [0, 0.05) is 6.92 Å². The molecule has 0 saturated carbocycles. The summed E-state index contributed by atoms with van der Waals surface area (Å²) >= 11 is 0. The van der Waals surface area contributed by atoms with Gasteiger partial charge in [0.2, 0.25) is 0 Å². The van der Waals surface area contributed by atoms with Crippen LogP contribution in [0.3, 0.4) is 0 Å². The molecule has 2 heteroatoms. The Labute approximate surface area is 94.4 Å². The topological polar surface area (TPSA) is 26.3 Å². The lowest BCUT2D eigenvalue weighted by molar-refractivity contribution is -0.159. The molecule has 0 amide bonds. The number of rotatable bonds is 2. The molecule has 0 spiro atoms. The van der Waals surface area contributed by atoms with Gasteiger partial charge < -0.3 is 4.74 Å². The van der Waals surface area contributed by atoms with E-state index in [1.54, 1.807) is 0 Å². The summed E-state index contributed by atoms with van der Waals surface area (Å²) in [6.45, 7) is 16.5. The van der Waals surface area contributed by atoms with Gasteiger partial charge in [-0.1, -0.05) is 48.5 Å². The number of ether oxygens (including phenoxy) is 1. The highest BCUT2D eigenvalue weighted by atomic mass is 16.5. The van der Waals surface area contributed by atoms with Crippen LogP contribution in [0.5, 0.6) is 0 Å². The van der Waals surface area contributed by atoms with Gasteiger partial charge in [0.25, 0.3) is 0 Å². The van der Waals surface area contributed by atoms with E-state index in [1.165, 1.54) is 6.92 Å². The van der Waals surface area contributed by atoms with Crippen molar-refractivity contribution >= 4 is 5.97 Å². The molecule has 2 atom stereocenters. The normalized spacial score (nSPS) is 17.1. The van der Waals surface area contributed by atoms with E-state index in [0.29, 0.717) is 5.92 Å². The molecule has 0 heterocycles. The van der Waals surface area contributed by atoms with Crippen molar-refractivity contribution in [1.82, 2.24) is 0 Å². The predicted molar refractivity (Wildman–Crippen MR) is 63.6 cm³/mol. The van der Waals surface area contributed by atoms with Crippen molar-refractivity contribution in [2.45, 2.75) is 61.5 Å². The monoisotopic (exact) mass is 214 g/mol. The Hall–Kier alpha value is -0.530. The van der Waals surface area contributed by atoms with Crippen LogP contribution >= 0.6 is 0 Å². The first-order valence-electron chi connectivity index (χ1n) is 5.63. The van der Waals surface area contributed by atoms with Crippen molar-refractivity contribution < 1.29 is 9.53 Å². The summed E-state index contributed by atoms with van der Waals surface area (Å²) < 4.78 is 5.46. The van der Waals surface area contributed by atoms with Crippen LogP contribution in [0.2, 0.25) is 0 Å². The van der Waals surface area contributed by atoms with E-state index in [1.807, 2.05) is 0 Å². The van der Waals surface area contributed by atoms with Gasteiger partial charge in [0.05, 0.1) is 0 Å².